The van der Waals surface area contributed by atoms with Gasteiger partial charge in [-0.1, -0.05) is 260 Å². The van der Waals surface area contributed by atoms with E-state index in [0.717, 1.165) is 135 Å². The van der Waals surface area contributed by atoms with Gasteiger partial charge in [0.2, 0.25) is 0 Å². The molecule has 0 saturated heterocycles. The summed E-state index contributed by atoms with van der Waals surface area (Å²) in [5, 5.41) is 10.6. The van der Waals surface area contributed by atoms with Crippen LogP contribution in [0.5, 0.6) is 0 Å². The maximum Gasteiger partial charge on any atom is 0.472 e. The number of carbonyl (C=O) groups excluding carboxylic acids is 4. The molecular weight excluding hydrogens is 1230 g/mol. The highest BCUT2D eigenvalue weighted by Gasteiger charge is 2.30. The Hall–Kier alpha value is -3.76. The first kappa shape index (κ1) is 90.2. The van der Waals surface area contributed by atoms with Crippen LogP contribution in [-0.2, 0) is 65.4 Å². The molecule has 544 valence electrons. The maximum atomic E-state index is 13.0. The first-order valence-electron chi connectivity index (χ1n) is 36.8. The summed E-state index contributed by atoms with van der Waals surface area (Å²) in [5.41, 5.74) is 0. The van der Waals surface area contributed by atoms with E-state index in [4.69, 9.17) is 37.0 Å². The third-order valence-corrected chi connectivity index (χ3v) is 17.2. The number of carbonyl (C=O) groups is 4. The summed E-state index contributed by atoms with van der Waals surface area (Å²) in [6.45, 7) is 4.63. The second-order valence-corrected chi connectivity index (χ2v) is 27.4. The Balaban J connectivity index is 5.35. The second kappa shape index (κ2) is 67.8. The summed E-state index contributed by atoms with van der Waals surface area (Å²) < 4.78 is 68.2. The van der Waals surface area contributed by atoms with Crippen molar-refractivity contribution >= 4 is 39.5 Å². The molecule has 0 fully saturated rings. The molecule has 5 unspecified atom stereocenters. The summed E-state index contributed by atoms with van der Waals surface area (Å²) >= 11 is 0. The van der Waals surface area contributed by atoms with E-state index in [9.17, 15) is 43.2 Å². The summed E-state index contributed by atoms with van der Waals surface area (Å²) in [4.78, 5) is 72.6. The SMILES string of the molecule is CC/C=C\C/C=C\C/C=C\C/C=C\C/C=C\CCCC(=O)OCC(COP(=O)(O)OCC(O)COP(=O)(O)OCC(COC(=O)CCCCCCC/C=C\CCCCCC)OC(=O)CCCCCCCCCCCCCCC)OC(=O)CCCCCCC/C=C\CCCC. The number of phosphoric ester groups is 2. The number of ether oxygens (including phenoxy) is 4. The third kappa shape index (κ3) is 66.8. The number of hydrogen-bond acceptors (Lipinski definition) is 15. The van der Waals surface area contributed by atoms with E-state index in [2.05, 4.69) is 101 Å². The fourth-order valence-electron chi connectivity index (χ4n) is 9.70. The van der Waals surface area contributed by atoms with E-state index < -0.39 is 97.5 Å². The van der Waals surface area contributed by atoms with Crippen molar-refractivity contribution in [3.63, 3.8) is 0 Å². The van der Waals surface area contributed by atoms with Crippen LogP contribution in [0.4, 0.5) is 0 Å². The van der Waals surface area contributed by atoms with Crippen LogP contribution >= 0.6 is 15.6 Å². The van der Waals surface area contributed by atoms with Crippen LogP contribution in [0, 0.1) is 0 Å². The van der Waals surface area contributed by atoms with Gasteiger partial charge in [0.1, 0.15) is 19.3 Å². The molecule has 0 rings (SSSR count). The molecule has 0 aromatic carbocycles. The molecule has 0 radical (unpaired) electrons. The number of rotatable bonds is 69. The Bertz CT molecular complexity index is 2120. The first-order valence-corrected chi connectivity index (χ1v) is 39.8. The van der Waals surface area contributed by atoms with Crippen molar-refractivity contribution in [1.82, 2.24) is 0 Å². The van der Waals surface area contributed by atoms with Crippen molar-refractivity contribution in [3.8, 4) is 0 Å². The molecule has 0 saturated carbocycles. The van der Waals surface area contributed by atoms with E-state index in [1.54, 1.807) is 0 Å². The van der Waals surface area contributed by atoms with Crippen LogP contribution in [0.1, 0.15) is 310 Å². The molecule has 0 aliphatic rings. The minimum absolute atomic E-state index is 0.0730. The third-order valence-electron chi connectivity index (χ3n) is 15.3. The standard InChI is InChI=1S/C75H132O17P2/c1-5-9-13-17-21-25-29-32-33-34-35-38-41-44-48-52-56-60-73(78)86-65-70(91-74(79)61-57-53-49-45-39-28-24-20-16-12-8-4)67-89-93(81,82)87-63-69(76)64-88-94(83,84)90-68-71(92-75(80)62-58-54-50-46-42-37-31-27-23-19-15-11-7-3)66-85-72(77)59-55-51-47-43-40-36-30-26-22-18-14-10-6-2/h9,13,20-21,24-26,30,32-33,35,38,44,48,69-71,76H,5-8,10-12,14-19,22-23,27-29,31,34,36-37,39-43,45-47,49-68H2,1-4H3,(H,81,82)(H,83,84)/b13-9-,24-20-,25-21-,30-26-,33-32-,38-35-,48-44-. The molecule has 0 bridgehead atoms. The van der Waals surface area contributed by atoms with Crippen molar-refractivity contribution < 1.29 is 80.2 Å². The van der Waals surface area contributed by atoms with Crippen LogP contribution < -0.4 is 0 Å². The predicted octanol–water partition coefficient (Wildman–Crippen LogP) is 20.7. The fraction of sp³-hybridized carbons (Fsp3) is 0.760. The average Bonchev–Trinajstić information content (AvgIpc) is 1.32. The molecule has 94 heavy (non-hydrogen) atoms. The molecule has 5 atom stereocenters. The fourth-order valence-corrected chi connectivity index (χ4v) is 11.3. The monoisotopic (exact) mass is 1370 g/mol. The molecule has 0 aromatic rings. The van der Waals surface area contributed by atoms with Crippen molar-refractivity contribution in [2.75, 3.05) is 39.6 Å². The quantitative estimate of drug-likeness (QED) is 0.0169. The van der Waals surface area contributed by atoms with Crippen LogP contribution in [0.15, 0.2) is 85.1 Å². The highest BCUT2D eigenvalue weighted by atomic mass is 31.2. The van der Waals surface area contributed by atoms with Gasteiger partial charge >= 0.3 is 39.5 Å². The van der Waals surface area contributed by atoms with Gasteiger partial charge in [0.25, 0.3) is 0 Å². The molecule has 17 nitrogen and oxygen atoms in total. The minimum atomic E-state index is -4.98. The molecule has 0 aromatic heterocycles. The topological polar surface area (TPSA) is 237 Å². The Kier molecular flexibility index (Phi) is 65.1. The number of esters is 4. The Morgan fingerprint density at radius 2 is 0.574 bits per heavy atom. The smallest absolute Gasteiger partial charge is 0.462 e. The number of aliphatic hydroxyl groups is 1. The summed E-state index contributed by atoms with van der Waals surface area (Å²) in [6, 6.07) is 0. The Labute approximate surface area is 570 Å². The first-order chi connectivity index (χ1) is 45.7. The zero-order chi connectivity index (χ0) is 69.0. The number of hydrogen-bond donors (Lipinski definition) is 3. The van der Waals surface area contributed by atoms with Crippen LogP contribution in [-0.4, -0.2) is 96.7 Å². The van der Waals surface area contributed by atoms with Gasteiger partial charge in [-0.2, -0.15) is 0 Å². The molecule has 0 heterocycles. The number of allylic oxidation sites excluding steroid dienone is 14. The number of phosphoric acid groups is 2. The lowest BCUT2D eigenvalue weighted by Crippen LogP contribution is -2.30. The molecule has 0 aliphatic carbocycles. The molecule has 0 amide bonds. The minimum Gasteiger partial charge on any atom is -0.462 e. The lowest BCUT2D eigenvalue weighted by Gasteiger charge is -2.21. The average molecular weight is 1370 g/mol. The zero-order valence-electron chi connectivity index (χ0n) is 59.1. The number of unbranched alkanes of at least 4 members (excludes halogenated alkanes) is 29. The van der Waals surface area contributed by atoms with E-state index in [0.29, 0.717) is 32.1 Å². The molecular formula is C75H132O17P2. The van der Waals surface area contributed by atoms with Gasteiger partial charge < -0.3 is 33.8 Å². The summed E-state index contributed by atoms with van der Waals surface area (Å²) in [6.07, 6.45) is 67.4. The van der Waals surface area contributed by atoms with E-state index in [1.807, 2.05) is 12.2 Å². The molecule has 3 N–H and O–H groups in total. The predicted molar refractivity (Wildman–Crippen MR) is 381 cm³/mol. The largest absolute Gasteiger partial charge is 0.472 e. The Morgan fingerprint density at radius 3 is 0.947 bits per heavy atom. The van der Waals surface area contributed by atoms with Gasteiger partial charge in [0.15, 0.2) is 12.2 Å². The summed E-state index contributed by atoms with van der Waals surface area (Å²) in [7, 11) is -9.95. The maximum absolute atomic E-state index is 13.0. The Morgan fingerprint density at radius 1 is 0.309 bits per heavy atom. The van der Waals surface area contributed by atoms with Gasteiger partial charge in [0, 0.05) is 25.7 Å². The number of aliphatic hydroxyl groups excluding tert-OH is 1. The molecule has 0 spiro atoms. The zero-order valence-corrected chi connectivity index (χ0v) is 60.9. The van der Waals surface area contributed by atoms with E-state index >= 15 is 0 Å². The lowest BCUT2D eigenvalue weighted by molar-refractivity contribution is -0.161. The highest BCUT2D eigenvalue weighted by molar-refractivity contribution is 7.47. The van der Waals surface area contributed by atoms with Crippen molar-refractivity contribution in [3.05, 3.63) is 85.1 Å². The van der Waals surface area contributed by atoms with Gasteiger partial charge in [-0.15, -0.1) is 0 Å². The van der Waals surface area contributed by atoms with Crippen LogP contribution in [0.25, 0.3) is 0 Å². The van der Waals surface area contributed by atoms with Crippen molar-refractivity contribution in [2.24, 2.45) is 0 Å². The van der Waals surface area contributed by atoms with Gasteiger partial charge in [-0.3, -0.25) is 37.3 Å². The van der Waals surface area contributed by atoms with Crippen molar-refractivity contribution in [2.45, 2.75) is 329 Å². The van der Waals surface area contributed by atoms with Gasteiger partial charge in [-0.25, -0.2) is 9.13 Å². The highest BCUT2D eigenvalue weighted by Crippen LogP contribution is 2.45. The summed E-state index contributed by atoms with van der Waals surface area (Å²) in [5.74, 6) is -2.25. The second-order valence-electron chi connectivity index (χ2n) is 24.5. The van der Waals surface area contributed by atoms with Crippen LogP contribution in [0.3, 0.4) is 0 Å². The molecule has 0 aliphatic heterocycles. The van der Waals surface area contributed by atoms with E-state index in [1.165, 1.54) is 89.9 Å². The lowest BCUT2D eigenvalue weighted by atomic mass is 10.0. The normalized spacial score (nSPS) is 14.5. The van der Waals surface area contributed by atoms with Crippen LogP contribution in [0.2, 0.25) is 0 Å². The molecule has 19 heteroatoms. The van der Waals surface area contributed by atoms with Gasteiger partial charge in [-0.05, 0) is 109 Å². The van der Waals surface area contributed by atoms with E-state index in [-0.39, 0.29) is 25.7 Å². The van der Waals surface area contributed by atoms with Crippen molar-refractivity contribution in [1.29, 1.82) is 0 Å². The van der Waals surface area contributed by atoms with Gasteiger partial charge in [0.05, 0.1) is 26.4 Å².